The molecule has 0 atom stereocenters. The molecule has 0 spiro atoms. The molecule has 0 amide bonds. The first kappa shape index (κ1) is 17.9. The lowest BCUT2D eigenvalue weighted by molar-refractivity contribution is 0.199. The molecule has 0 aliphatic carbocycles. The number of hydrogen-bond donors (Lipinski definition) is 2. The van der Waals surface area contributed by atoms with E-state index in [-0.39, 0.29) is 0 Å². The highest BCUT2D eigenvalue weighted by molar-refractivity contribution is 7.80. The summed E-state index contributed by atoms with van der Waals surface area (Å²) in [4.78, 5) is 2.52. The maximum Gasteiger partial charge on any atom is 0.166 e. The smallest absolute Gasteiger partial charge is 0.166 e. The number of thiocarbonyl (C=S) groups is 1. The number of piperidine rings is 1. The Morgan fingerprint density at radius 3 is 2.36 bits per heavy atom. The molecule has 0 bridgehead atoms. The largest absolute Gasteiger partial charge is 0.360 e. The molecule has 2 aromatic rings. The van der Waals surface area contributed by atoms with E-state index in [9.17, 15) is 0 Å². The molecule has 0 saturated carbocycles. The maximum absolute atomic E-state index is 5.46. The summed E-state index contributed by atoms with van der Waals surface area (Å²) in [5.74, 6) is 0. The van der Waals surface area contributed by atoms with Gasteiger partial charge in [0, 0.05) is 32.2 Å². The lowest BCUT2D eigenvalue weighted by Gasteiger charge is -2.33. The van der Waals surface area contributed by atoms with Crippen LogP contribution in [-0.2, 0) is 13.1 Å². The normalized spacial score (nSPS) is 15.7. The van der Waals surface area contributed by atoms with Crippen molar-refractivity contribution in [3.05, 3.63) is 71.3 Å². The van der Waals surface area contributed by atoms with Gasteiger partial charge in [-0.15, -0.1) is 0 Å². The molecule has 1 aliphatic rings. The number of aryl methyl sites for hydroxylation is 1. The quantitative estimate of drug-likeness (QED) is 0.803. The van der Waals surface area contributed by atoms with Gasteiger partial charge >= 0.3 is 0 Å². The monoisotopic (exact) mass is 353 g/mol. The Balaban J connectivity index is 1.36. The molecule has 3 nitrogen and oxygen atoms in total. The molecule has 0 unspecified atom stereocenters. The van der Waals surface area contributed by atoms with Crippen LogP contribution in [0.15, 0.2) is 54.6 Å². The van der Waals surface area contributed by atoms with Crippen molar-refractivity contribution in [2.75, 3.05) is 13.1 Å². The summed E-state index contributed by atoms with van der Waals surface area (Å²) in [5.41, 5.74) is 3.93. The van der Waals surface area contributed by atoms with Crippen LogP contribution in [0.1, 0.15) is 29.5 Å². The molecule has 4 heteroatoms. The minimum Gasteiger partial charge on any atom is -0.360 e. The fourth-order valence-electron chi connectivity index (χ4n) is 3.20. The third-order valence-electron chi connectivity index (χ3n) is 4.75. The van der Waals surface area contributed by atoms with Gasteiger partial charge < -0.3 is 10.6 Å². The third-order valence-corrected chi connectivity index (χ3v) is 5.01. The third kappa shape index (κ3) is 5.83. The van der Waals surface area contributed by atoms with Gasteiger partial charge in [0.15, 0.2) is 5.11 Å². The Morgan fingerprint density at radius 1 is 1.00 bits per heavy atom. The van der Waals surface area contributed by atoms with Gasteiger partial charge in [-0.25, -0.2) is 0 Å². The standard InChI is InChI=1S/C21H27N3S/c1-17-7-9-18(10-8-17)15-22-21(25)23-20-11-13-24(14-12-20)16-19-5-3-2-4-6-19/h2-10,20H,11-16H2,1H3,(H2,22,23,25). The summed E-state index contributed by atoms with van der Waals surface area (Å²) < 4.78 is 0. The van der Waals surface area contributed by atoms with Crippen LogP contribution >= 0.6 is 12.2 Å². The topological polar surface area (TPSA) is 27.3 Å². The second kappa shape index (κ2) is 8.97. The SMILES string of the molecule is Cc1ccc(CNC(=S)NC2CCN(Cc3ccccc3)CC2)cc1. The van der Waals surface area contributed by atoms with E-state index in [1.165, 1.54) is 16.7 Å². The summed E-state index contributed by atoms with van der Waals surface area (Å²) in [6, 6.07) is 19.7. The van der Waals surface area contributed by atoms with Crippen molar-refractivity contribution >= 4 is 17.3 Å². The van der Waals surface area contributed by atoms with Crippen molar-refractivity contribution < 1.29 is 0 Å². The van der Waals surface area contributed by atoms with Crippen LogP contribution in [0.4, 0.5) is 0 Å². The molecule has 132 valence electrons. The summed E-state index contributed by atoms with van der Waals surface area (Å²) in [5, 5.41) is 7.57. The summed E-state index contributed by atoms with van der Waals surface area (Å²) >= 11 is 5.46. The predicted molar refractivity (Wildman–Crippen MR) is 108 cm³/mol. The maximum atomic E-state index is 5.46. The van der Waals surface area contributed by atoms with Gasteiger partial charge in [-0.3, -0.25) is 4.90 Å². The Kier molecular flexibility index (Phi) is 6.42. The first-order valence-corrected chi connectivity index (χ1v) is 9.46. The van der Waals surface area contributed by atoms with Crippen molar-refractivity contribution in [3.63, 3.8) is 0 Å². The predicted octanol–water partition coefficient (Wildman–Crippen LogP) is 3.62. The first-order valence-electron chi connectivity index (χ1n) is 9.05. The van der Waals surface area contributed by atoms with E-state index in [4.69, 9.17) is 12.2 Å². The Morgan fingerprint density at radius 2 is 1.68 bits per heavy atom. The van der Waals surface area contributed by atoms with Gasteiger partial charge in [0.25, 0.3) is 0 Å². The van der Waals surface area contributed by atoms with E-state index in [1.54, 1.807) is 0 Å². The lowest BCUT2D eigenvalue weighted by Crippen LogP contribution is -2.47. The zero-order valence-electron chi connectivity index (χ0n) is 14.9. The minimum atomic E-state index is 0.477. The van der Waals surface area contributed by atoms with Crippen LogP contribution in [-0.4, -0.2) is 29.1 Å². The lowest BCUT2D eigenvalue weighted by atomic mass is 10.0. The van der Waals surface area contributed by atoms with E-state index in [0.29, 0.717) is 6.04 Å². The van der Waals surface area contributed by atoms with E-state index in [0.717, 1.165) is 44.1 Å². The zero-order valence-corrected chi connectivity index (χ0v) is 15.7. The highest BCUT2D eigenvalue weighted by Gasteiger charge is 2.19. The second-order valence-electron chi connectivity index (χ2n) is 6.85. The number of nitrogens with one attached hydrogen (secondary N) is 2. The molecule has 25 heavy (non-hydrogen) atoms. The number of nitrogens with zero attached hydrogens (tertiary/aromatic N) is 1. The molecule has 0 aromatic heterocycles. The number of benzene rings is 2. The van der Waals surface area contributed by atoms with Crippen LogP contribution in [0.5, 0.6) is 0 Å². The summed E-state index contributed by atoms with van der Waals surface area (Å²) in [6.45, 7) is 6.16. The zero-order chi connectivity index (χ0) is 17.5. The summed E-state index contributed by atoms with van der Waals surface area (Å²) in [6.07, 6.45) is 2.28. The highest BCUT2D eigenvalue weighted by Crippen LogP contribution is 2.13. The molecule has 2 aromatic carbocycles. The van der Waals surface area contributed by atoms with E-state index < -0.39 is 0 Å². The molecule has 1 aliphatic heterocycles. The molecule has 1 heterocycles. The van der Waals surface area contributed by atoms with Crippen LogP contribution < -0.4 is 10.6 Å². The van der Waals surface area contributed by atoms with Gasteiger partial charge in [-0.2, -0.15) is 0 Å². The van der Waals surface area contributed by atoms with Crippen LogP contribution in [0, 0.1) is 6.92 Å². The molecule has 2 N–H and O–H groups in total. The average Bonchev–Trinajstić information content (AvgIpc) is 2.64. The van der Waals surface area contributed by atoms with E-state index in [1.807, 2.05) is 0 Å². The fourth-order valence-corrected chi connectivity index (χ4v) is 3.44. The highest BCUT2D eigenvalue weighted by atomic mass is 32.1. The molecular weight excluding hydrogens is 326 g/mol. The fraction of sp³-hybridized carbons (Fsp3) is 0.381. The van der Waals surface area contributed by atoms with E-state index in [2.05, 4.69) is 77.1 Å². The van der Waals surface area contributed by atoms with Crippen LogP contribution in [0.2, 0.25) is 0 Å². The number of hydrogen-bond acceptors (Lipinski definition) is 2. The average molecular weight is 354 g/mol. The van der Waals surface area contributed by atoms with E-state index >= 15 is 0 Å². The number of rotatable bonds is 5. The Bertz CT molecular complexity index is 661. The van der Waals surface area contributed by atoms with Crippen LogP contribution in [0.3, 0.4) is 0 Å². The Labute approximate surface area is 156 Å². The van der Waals surface area contributed by atoms with Crippen molar-refractivity contribution in [3.8, 4) is 0 Å². The van der Waals surface area contributed by atoms with Gasteiger partial charge in [-0.05, 0) is 43.1 Å². The molecule has 0 radical (unpaired) electrons. The van der Waals surface area contributed by atoms with Gasteiger partial charge in [0.05, 0.1) is 0 Å². The van der Waals surface area contributed by atoms with Crippen molar-refractivity contribution in [2.45, 2.75) is 38.9 Å². The van der Waals surface area contributed by atoms with Gasteiger partial charge in [0.2, 0.25) is 0 Å². The first-order chi connectivity index (χ1) is 12.2. The van der Waals surface area contributed by atoms with Crippen molar-refractivity contribution in [1.29, 1.82) is 0 Å². The van der Waals surface area contributed by atoms with Crippen molar-refractivity contribution in [1.82, 2.24) is 15.5 Å². The molecule has 1 fully saturated rings. The van der Waals surface area contributed by atoms with Gasteiger partial charge in [-0.1, -0.05) is 60.2 Å². The Hall–Kier alpha value is -1.91. The molecule has 3 rings (SSSR count). The van der Waals surface area contributed by atoms with Crippen LogP contribution in [0.25, 0.3) is 0 Å². The van der Waals surface area contributed by atoms with Crippen molar-refractivity contribution in [2.24, 2.45) is 0 Å². The minimum absolute atomic E-state index is 0.477. The molecular formula is C21H27N3S. The molecule has 1 saturated heterocycles. The van der Waals surface area contributed by atoms with Gasteiger partial charge in [0.1, 0.15) is 0 Å². The summed E-state index contributed by atoms with van der Waals surface area (Å²) in [7, 11) is 0. The number of likely N-dealkylation sites (tertiary alicyclic amines) is 1. The second-order valence-corrected chi connectivity index (χ2v) is 7.26.